The van der Waals surface area contributed by atoms with E-state index in [1.54, 1.807) is 0 Å². The summed E-state index contributed by atoms with van der Waals surface area (Å²) in [4.78, 5) is 13.5. The number of rotatable bonds is 2. The lowest BCUT2D eigenvalue weighted by molar-refractivity contribution is 0.111. The Labute approximate surface area is 55.3 Å². The molecule has 5 heteroatoms. The van der Waals surface area contributed by atoms with E-state index in [0.29, 0.717) is 6.29 Å². The van der Waals surface area contributed by atoms with E-state index in [2.05, 4.69) is 4.98 Å². The summed E-state index contributed by atoms with van der Waals surface area (Å²) >= 11 is 0.000278. The van der Waals surface area contributed by atoms with Crippen molar-refractivity contribution in [1.82, 2.24) is 8.96 Å². The molecule has 0 N–H and O–H groups in total. The predicted octanol–water partition coefficient (Wildman–Crippen LogP) is 1.08. The fourth-order valence-electron chi connectivity index (χ4n) is 0.419. The van der Waals surface area contributed by atoms with Crippen molar-refractivity contribution in [3.8, 4) is 0 Å². The Morgan fingerprint density at radius 1 is 1.89 bits per heavy atom. The lowest BCUT2D eigenvalue weighted by Crippen LogP contribution is -1.75. The molecule has 0 saturated heterocycles. The molecule has 0 atom stereocenters. The zero-order valence-electron chi connectivity index (χ0n) is 4.32. The van der Waals surface area contributed by atoms with Gasteiger partial charge in [0, 0.05) is 6.20 Å². The van der Waals surface area contributed by atoms with E-state index >= 15 is 0 Å². The molecular weight excluding hydrogens is 143 g/mol. The number of carbonyl (C=O) groups excluding carboxylic acids is 1. The molecule has 0 aromatic carbocycles. The smallest absolute Gasteiger partial charge is 0.170 e. The molecule has 0 amide bonds. The molecule has 0 aliphatic rings. The quantitative estimate of drug-likeness (QED) is 0.585. The van der Waals surface area contributed by atoms with Gasteiger partial charge in [0.15, 0.2) is 18.6 Å². The monoisotopic (exact) mass is 146 g/mol. The highest BCUT2D eigenvalue weighted by molar-refractivity contribution is 7.92. The first-order chi connectivity index (χ1) is 4.36. The Hall–Kier alpha value is -0.840. The summed E-state index contributed by atoms with van der Waals surface area (Å²) in [5.41, 5.74) is 0.236. The highest BCUT2D eigenvalue weighted by atomic mass is 32.2. The van der Waals surface area contributed by atoms with Crippen LogP contribution in [0.3, 0.4) is 0 Å². The summed E-state index contributed by atoms with van der Waals surface area (Å²) in [6.45, 7) is 0. The van der Waals surface area contributed by atoms with Gasteiger partial charge in [0.25, 0.3) is 0 Å². The molecule has 0 bridgehead atoms. The van der Waals surface area contributed by atoms with E-state index in [0.717, 1.165) is 3.97 Å². The minimum atomic E-state index is 0.000278. The van der Waals surface area contributed by atoms with Crippen LogP contribution in [0, 0.1) is 0 Å². The second-order valence-corrected chi connectivity index (χ2v) is 1.90. The highest BCUT2D eigenvalue weighted by Gasteiger charge is 1.94. The summed E-state index contributed by atoms with van der Waals surface area (Å²) in [5, 5.41) is 0. The van der Waals surface area contributed by atoms with Crippen molar-refractivity contribution in [2.24, 2.45) is 0 Å². The van der Waals surface area contributed by atoms with E-state index < -0.39 is 0 Å². The third-order valence-electron chi connectivity index (χ3n) is 0.781. The van der Waals surface area contributed by atoms with Crippen LogP contribution < -0.4 is 0 Å². The average molecular weight is 146 g/mol. The Bertz CT molecular complexity index is 212. The molecule has 0 spiro atoms. The van der Waals surface area contributed by atoms with Crippen molar-refractivity contribution in [2.75, 3.05) is 0 Å². The normalized spacial score (nSPS) is 9.44. The highest BCUT2D eigenvalue weighted by Crippen LogP contribution is 2.05. The van der Waals surface area contributed by atoms with Gasteiger partial charge in [-0.1, -0.05) is 0 Å². The largest absolute Gasteiger partial charge is 0.296 e. The number of aromatic nitrogens is 2. The van der Waals surface area contributed by atoms with E-state index in [1.807, 2.05) is 0 Å². The summed E-state index contributed by atoms with van der Waals surface area (Å²) < 4.78 is 12.7. The maximum Gasteiger partial charge on any atom is 0.170 e. The zero-order chi connectivity index (χ0) is 6.69. The van der Waals surface area contributed by atoms with Crippen molar-refractivity contribution in [3.63, 3.8) is 0 Å². The fourth-order valence-corrected chi connectivity index (χ4v) is 0.650. The minimum Gasteiger partial charge on any atom is -0.296 e. The molecule has 1 rings (SSSR count). The maximum absolute atomic E-state index is 11.6. The summed E-state index contributed by atoms with van der Waals surface area (Å²) in [6, 6.07) is 0. The van der Waals surface area contributed by atoms with Crippen LogP contribution in [-0.2, 0) is 0 Å². The number of carbonyl (C=O) groups is 1. The van der Waals surface area contributed by atoms with Gasteiger partial charge in [-0.15, -0.1) is 3.89 Å². The van der Waals surface area contributed by atoms with Gasteiger partial charge in [-0.25, -0.2) is 4.98 Å². The van der Waals surface area contributed by atoms with Crippen LogP contribution in [0.15, 0.2) is 12.5 Å². The Morgan fingerprint density at radius 3 is 3.00 bits per heavy atom. The second-order valence-electron chi connectivity index (χ2n) is 1.35. The van der Waals surface area contributed by atoms with Gasteiger partial charge < -0.3 is 0 Å². The van der Waals surface area contributed by atoms with Crippen molar-refractivity contribution >= 4 is 18.6 Å². The molecular formula is C4H3FN2OS. The number of hydrogen-bond donors (Lipinski definition) is 0. The lowest BCUT2D eigenvalue weighted by atomic mass is 10.6. The Kier molecular flexibility index (Phi) is 1.84. The SMILES string of the molecule is O=Cc1cn(SF)cn1. The molecule has 3 nitrogen and oxygen atoms in total. The van der Waals surface area contributed by atoms with Crippen LogP contribution in [0.1, 0.15) is 10.5 Å². The van der Waals surface area contributed by atoms with Crippen molar-refractivity contribution < 1.29 is 8.68 Å². The lowest BCUT2D eigenvalue weighted by Gasteiger charge is -1.81. The number of halogens is 1. The first-order valence-electron chi connectivity index (χ1n) is 2.15. The minimum absolute atomic E-state index is 0.000278. The molecule has 0 unspecified atom stereocenters. The molecule has 48 valence electrons. The van der Waals surface area contributed by atoms with E-state index in [-0.39, 0.29) is 18.0 Å². The van der Waals surface area contributed by atoms with Gasteiger partial charge in [-0.2, -0.15) is 0 Å². The third kappa shape index (κ3) is 1.29. The van der Waals surface area contributed by atoms with Gasteiger partial charge in [-0.05, 0) is 0 Å². The summed E-state index contributed by atoms with van der Waals surface area (Å²) in [5.74, 6) is 0. The van der Waals surface area contributed by atoms with Crippen molar-refractivity contribution in [3.05, 3.63) is 18.2 Å². The topological polar surface area (TPSA) is 34.9 Å². The molecule has 1 heterocycles. The van der Waals surface area contributed by atoms with E-state index in [1.165, 1.54) is 12.5 Å². The molecule has 1 aromatic heterocycles. The molecule has 0 saturated carbocycles. The van der Waals surface area contributed by atoms with Crippen LogP contribution in [0.4, 0.5) is 3.89 Å². The van der Waals surface area contributed by atoms with E-state index in [4.69, 9.17) is 0 Å². The van der Waals surface area contributed by atoms with Crippen LogP contribution in [0.25, 0.3) is 0 Å². The average Bonchev–Trinajstić information content (AvgIpc) is 2.34. The molecule has 0 radical (unpaired) electrons. The maximum atomic E-state index is 11.6. The van der Waals surface area contributed by atoms with Crippen molar-refractivity contribution in [2.45, 2.75) is 0 Å². The number of imidazole rings is 1. The van der Waals surface area contributed by atoms with Crippen LogP contribution in [0.2, 0.25) is 0 Å². The molecule has 9 heavy (non-hydrogen) atoms. The van der Waals surface area contributed by atoms with Crippen LogP contribution >= 0.6 is 12.3 Å². The number of nitrogens with zero attached hydrogens (tertiary/aromatic N) is 2. The standard InChI is InChI=1S/C4H3FN2OS/c5-9-7-1-4(2-8)6-3-7/h1-3H. The molecule has 0 aliphatic carbocycles. The summed E-state index contributed by atoms with van der Waals surface area (Å²) in [6.07, 6.45) is 3.10. The first-order valence-corrected chi connectivity index (χ1v) is 2.82. The second kappa shape index (κ2) is 2.63. The molecule has 1 aromatic rings. The summed E-state index contributed by atoms with van der Waals surface area (Å²) in [7, 11) is 0. The fraction of sp³-hybridized carbons (Fsp3) is 0. The van der Waals surface area contributed by atoms with Gasteiger partial charge in [0.05, 0.1) is 0 Å². The molecule has 0 aliphatic heterocycles. The van der Waals surface area contributed by atoms with Gasteiger partial charge in [-0.3, -0.25) is 8.77 Å². The van der Waals surface area contributed by atoms with E-state index in [9.17, 15) is 8.68 Å². The number of aldehydes is 1. The zero-order valence-corrected chi connectivity index (χ0v) is 5.14. The predicted molar refractivity (Wildman–Crippen MR) is 31.7 cm³/mol. The number of hydrogen-bond acceptors (Lipinski definition) is 3. The van der Waals surface area contributed by atoms with Gasteiger partial charge in [0.1, 0.15) is 12.0 Å². The first kappa shape index (κ1) is 6.28. The Balaban J connectivity index is 2.86. The Morgan fingerprint density at radius 2 is 2.67 bits per heavy atom. The van der Waals surface area contributed by atoms with Gasteiger partial charge >= 0.3 is 0 Å². The molecule has 0 fully saturated rings. The van der Waals surface area contributed by atoms with Crippen molar-refractivity contribution in [1.29, 1.82) is 0 Å². The van der Waals surface area contributed by atoms with Crippen LogP contribution in [0.5, 0.6) is 0 Å². The van der Waals surface area contributed by atoms with Crippen LogP contribution in [-0.4, -0.2) is 15.2 Å². The van der Waals surface area contributed by atoms with Gasteiger partial charge in [0.2, 0.25) is 0 Å². The third-order valence-corrected chi connectivity index (χ3v) is 1.14.